The van der Waals surface area contributed by atoms with Crippen molar-refractivity contribution in [3.05, 3.63) is 45.4 Å². The molecule has 23 heavy (non-hydrogen) atoms. The molecule has 0 spiro atoms. The monoisotopic (exact) mass is 326 g/mol. The molecule has 1 amide bonds. The lowest BCUT2D eigenvalue weighted by Gasteiger charge is -2.11. The van der Waals surface area contributed by atoms with Gasteiger partial charge in [0.15, 0.2) is 0 Å². The number of hydrogen-bond acceptors (Lipinski definition) is 5. The standard InChI is InChI=1S/C17H18N4OS/c1-12-16(23-15(19-12)11-21-7-2-3-8-21)17(22)20-14-6-4-5-13(9-14)10-18/h4-6,9H,2-3,7-8,11H2,1H3,(H,20,22). The van der Waals surface area contributed by atoms with Gasteiger partial charge in [0.05, 0.1) is 23.9 Å². The number of carbonyl (C=O) groups excluding carboxylic acids is 1. The van der Waals surface area contributed by atoms with Gasteiger partial charge in [-0.3, -0.25) is 9.69 Å². The maximum atomic E-state index is 12.4. The number of thiazole rings is 1. The Bertz CT molecular complexity index is 756. The Morgan fingerprint density at radius 2 is 2.22 bits per heavy atom. The third-order valence-corrected chi connectivity index (χ3v) is 5.00. The number of amides is 1. The fourth-order valence-corrected chi connectivity index (χ4v) is 3.72. The maximum absolute atomic E-state index is 12.4. The summed E-state index contributed by atoms with van der Waals surface area (Å²) in [7, 11) is 0. The fraction of sp³-hybridized carbons (Fsp3) is 0.353. The Morgan fingerprint density at radius 3 is 2.96 bits per heavy atom. The van der Waals surface area contributed by atoms with E-state index in [9.17, 15) is 4.79 Å². The predicted molar refractivity (Wildman–Crippen MR) is 90.5 cm³/mol. The van der Waals surface area contributed by atoms with Gasteiger partial charge >= 0.3 is 0 Å². The normalized spacial score (nSPS) is 14.6. The van der Waals surface area contributed by atoms with Crippen molar-refractivity contribution in [2.45, 2.75) is 26.3 Å². The molecule has 1 aromatic carbocycles. The van der Waals surface area contributed by atoms with Gasteiger partial charge in [0.1, 0.15) is 9.88 Å². The lowest BCUT2D eigenvalue weighted by Crippen LogP contribution is -2.18. The van der Waals surface area contributed by atoms with E-state index in [2.05, 4.69) is 21.3 Å². The minimum Gasteiger partial charge on any atom is -0.321 e. The van der Waals surface area contributed by atoms with Crippen molar-refractivity contribution in [2.75, 3.05) is 18.4 Å². The summed E-state index contributed by atoms with van der Waals surface area (Å²) in [5.41, 5.74) is 1.92. The topological polar surface area (TPSA) is 69.0 Å². The van der Waals surface area contributed by atoms with Crippen molar-refractivity contribution in [3.63, 3.8) is 0 Å². The average molecular weight is 326 g/mol. The fourth-order valence-electron chi connectivity index (χ4n) is 2.72. The molecular weight excluding hydrogens is 308 g/mol. The second kappa shape index (κ2) is 6.90. The largest absolute Gasteiger partial charge is 0.321 e. The van der Waals surface area contributed by atoms with Crippen molar-refractivity contribution < 1.29 is 4.79 Å². The van der Waals surface area contributed by atoms with Crippen LogP contribution < -0.4 is 5.32 Å². The van der Waals surface area contributed by atoms with Gasteiger partial charge in [0.2, 0.25) is 0 Å². The molecule has 6 heteroatoms. The van der Waals surface area contributed by atoms with Gasteiger partial charge < -0.3 is 5.32 Å². The minimum atomic E-state index is -0.164. The van der Waals surface area contributed by atoms with Gasteiger partial charge in [-0.15, -0.1) is 11.3 Å². The number of anilines is 1. The van der Waals surface area contributed by atoms with Crippen LogP contribution in [0.2, 0.25) is 0 Å². The number of rotatable bonds is 4. The molecule has 0 saturated carbocycles. The molecule has 0 bridgehead atoms. The highest BCUT2D eigenvalue weighted by Gasteiger charge is 2.18. The number of nitrogens with one attached hydrogen (secondary N) is 1. The van der Waals surface area contributed by atoms with Crippen LogP contribution in [-0.2, 0) is 6.54 Å². The summed E-state index contributed by atoms with van der Waals surface area (Å²) in [5.74, 6) is -0.164. The van der Waals surface area contributed by atoms with E-state index in [0.717, 1.165) is 30.3 Å². The lowest BCUT2D eigenvalue weighted by atomic mass is 10.2. The van der Waals surface area contributed by atoms with E-state index < -0.39 is 0 Å². The average Bonchev–Trinajstić information content (AvgIpc) is 3.17. The van der Waals surface area contributed by atoms with Gasteiger partial charge in [-0.25, -0.2) is 4.98 Å². The molecule has 3 rings (SSSR count). The number of aryl methyl sites for hydroxylation is 1. The number of benzene rings is 1. The quantitative estimate of drug-likeness (QED) is 0.937. The van der Waals surface area contributed by atoms with Crippen molar-refractivity contribution in [1.82, 2.24) is 9.88 Å². The second-order valence-corrected chi connectivity index (χ2v) is 6.74. The molecule has 118 valence electrons. The van der Waals surface area contributed by atoms with Crippen LogP contribution in [0.5, 0.6) is 0 Å². The molecule has 1 fully saturated rings. The van der Waals surface area contributed by atoms with Crippen LogP contribution in [0, 0.1) is 18.3 Å². The molecule has 1 aliphatic rings. The van der Waals surface area contributed by atoms with E-state index in [1.165, 1.54) is 24.2 Å². The second-order valence-electron chi connectivity index (χ2n) is 5.65. The molecule has 0 radical (unpaired) electrons. The van der Waals surface area contributed by atoms with Gasteiger partial charge in [0, 0.05) is 5.69 Å². The number of nitriles is 1. The number of aromatic nitrogens is 1. The molecule has 5 nitrogen and oxygen atoms in total. The van der Waals surface area contributed by atoms with Gasteiger partial charge in [-0.1, -0.05) is 6.07 Å². The number of hydrogen-bond donors (Lipinski definition) is 1. The highest BCUT2D eigenvalue weighted by molar-refractivity contribution is 7.13. The third kappa shape index (κ3) is 3.76. The highest BCUT2D eigenvalue weighted by atomic mass is 32.1. The predicted octanol–water partition coefficient (Wildman–Crippen LogP) is 3.17. The van der Waals surface area contributed by atoms with Crippen LogP contribution >= 0.6 is 11.3 Å². The van der Waals surface area contributed by atoms with E-state index in [0.29, 0.717) is 16.1 Å². The van der Waals surface area contributed by atoms with Crippen LogP contribution in [0.3, 0.4) is 0 Å². The first-order chi connectivity index (χ1) is 11.2. The van der Waals surface area contributed by atoms with Gasteiger partial charge in [-0.05, 0) is 51.1 Å². The summed E-state index contributed by atoms with van der Waals surface area (Å²) < 4.78 is 0. The smallest absolute Gasteiger partial charge is 0.267 e. The molecular formula is C17H18N4OS. The summed E-state index contributed by atoms with van der Waals surface area (Å²) in [6.45, 7) is 4.91. The summed E-state index contributed by atoms with van der Waals surface area (Å²) in [6, 6.07) is 8.98. The summed E-state index contributed by atoms with van der Waals surface area (Å²) in [5, 5.41) is 12.8. The Labute approximate surface area is 139 Å². The Kier molecular flexibility index (Phi) is 4.70. The van der Waals surface area contributed by atoms with Crippen LogP contribution in [0.25, 0.3) is 0 Å². The van der Waals surface area contributed by atoms with Crippen molar-refractivity contribution in [1.29, 1.82) is 5.26 Å². The molecule has 2 heterocycles. The first-order valence-electron chi connectivity index (χ1n) is 7.66. The van der Waals surface area contributed by atoms with Crippen LogP contribution in [0.4, 0.5) is 5.69 Å². The molecule has 0 aliphatic carbocycles. The first kappa shape index (κ1) is 15.7. The molecule has 1 saturated heterocycles. The molecule has 1 aromatic heterocycles. The minimum absolute atomic E-state index is 0.164. The maximum Gasteiger partial charge on any atom is 0.267 e. The summed E-state index contributed by atoms with van der Waals surface area (Å²) >= 11 is 1.45. The Balaban J connectivity index is 1.71. The third-order valence-electron chi connectivity index (χ3n) is 3.85. The van der Waals surface area contributed by atoms with E-state index in [4.69, 9.17) is 5.26 Å². The number of likely N-dealkylation sites (tertiary alicyclic amines) is 1. The Hall–Kier alpha value is -2.23. The number of carbonyl (C=O) groups is 1. The molecule has 2 aromatic rings. The van der Waals surface area contributed by atoms with Crippen LogP contribution in [0.15, 0.2) is 24.3 Å². The lowest BCUT2D eigenvalue weighted by molar-refractivity contribution is 0.103. The molecule has 1 aliphatic heterocycles. The summed E-state index contributed by atoms with van der Waals surface area (Å²) in [6.07, 6.45) is 2.49. The first-order valence-corrected chi connectivity index (χ1v) is 8.47. The van der Waals surface area contributed by atoms with Crippen molar-refractivity contribution in [3.8, 4) is 6.07 Å². The zero-order valence-corrected chi connectivity index (χ0v) is 13.8. The van der Waals surface area contributed by atoms with Gasteiger partial charge in [-0.2, -0.15) is 5.26 Å². The van der Waals surface area contributed by atoms with Gasteiger partial charge in [0.25, 0.3) is 5.91 Å². The van der Waals surface area contributed by atoms with Crippen molar-refractivity contribution >= 4 is 22.9 Å². The molecule has 0 unspecified atom stereocenters. The van der Waals surface area contributed by atoms with E-state index in [1.54, 1.807) is 24.3 Å². The zero-order chi connectivity index (χ0) is 16.2. The Morgan fingerprint density at radius 1 is 1.43 bits per heavy atom. The van der Waals surface area contributed by atoms with E-state index >= 15 is 0 Å². The highest BCUT2D eigenvalue weighted by Crippen LogP contribution is 2.22. The molecule has 1 N–H and O–H groups in total. The number of nitrogens with zero attached hydrogens (tertiary/aromatic N) is 3. The van der Waals surface area contributed by atoms with E-state index in [1.807, 2.05) is 6.92 Å². The zero-order valence-electron chi connectivity index (χ0n) is 13.0. The SMILES string of the molecule is Cc1nc(CN2CCCC2)sc1C(=O)Nc1cccc(C#N)c1. The van der Waals surface area contributed by atoms with Crippen LogP contribution in [0.1, 0.15) is 38.8 Å². The van der Waals surface area contributed by atoms with Crippen molar-refractivity contribution in [2.24, 2.45) is 0 Å². The summed E-state index contributed by atoms with van der Waals surface area (Å²) in [4.78, 5) is 20.0. The van der Waals surface area contributed by atoms with Crippen LogP contribution in [-0.4, -0.2) is 28.9 Å². The molecule has 0 atom stereocenters. The van der Waals surface area contributed by atoms with E-state index in [-0.39, 0.29) is 5.91 Å².